The van der Waals surface area contributed by atoms with E-state index in [1.54, 1.807) is 23.5 Å². The summed E-state index contributed by atoms with van der Waals surface area (Å²) < 4.78 is 0.422. The lowest BCUT2D eigenvalue weighted by atomic mass is 9.69. The minimum atomic E-state index is -0.482. The molecule has 2 N–H and O–H groups in total. The molecule has 6 nitrogen and oxygen atoms in total. The molecule has 0 fully saturated rings. The van der Waals surface area contributed by atoms with Crippen LogP contribution in [0.25, 0.3) is 0 Å². The second-order valence-electron chi connectivity index (χ2n) is 8.51. The molecule has 0 bridgehead atoms. The van der Waals surface area contributed by atoms with Crippen molar-refractivity contribution in [3.63, 3.8) is 0 Å². The van der Waals surface area contributed by atoms with Crippen molar-refractivity contribution in [1.82, 2.24) is 5.32 Å². The van der Waals surface area contributed by atoms with Crippen molar-refractivity contribution in [2.75, 3.05) is 5.32 Å². The largest absolute Gasteiger partial charge is 0.353 e. The normalized spacial score (nSPS) is 21.0. The molecule has 1 aliphatic carbocycles. The standard InChI is InChI=1S/C21H24BrN3O3S/c1-4-21(2,3)12-6-7-13-16(10-12)29-20-17(13)19(26)23-18(24-20)11-5-8-14(22)15(9-11)25(27)28/h5,8-9,12,18,24H,4,6-7,10H2,1-3H3,(H,23,26). The molecule has 2 aliphatic rings. The summed E-state index contributed by atoms with van der Waals surface area (Å²) in [4.78, 5) is 25.1. The van der Waals surface area contributed by atoms with Gasteiger partial charge in [-0.2, -0.15) is 0 Å². The number of rotatable bonds is 4. The Labute approximate surface area is 182 Å². The van der Waals surface area contributed by atoms with Gasteiger partial charge >= 0.3 is 0 Å². The van der Waals surface area contributed by atoms with E-state index in [1.807, 2.05) is 0 Å². The molecule has 1 aromatic carbocycles. The predicted molar refractivity (Wildman–Crippen MR) is 119 cm³/mol. The van der Waals surface area contributed by atoms with E-state index in [1.165, 1.54) is 16.5 Å². The topological polar surface area (TPSA) is 84.3 Å². The number of nitrogens with one attached hydrogen (secondary N) is 2. The monoisotopic (exact) mass is 477 g/mol. The van der Waals surface area contributed by atoms with E-state index in [9.17, 15) is 14.9 Å². The molecule has 0 spiro atoms. The van der Waals surface area contributed by atoms with Gasteiger partial charge in [0.2, 0.25) is 0 Å². The first-order valence-electron chi connectivity index (χ1n) is 9.87. The maximum atomic E-state index is 12.9. The number of fused-ring (bicyclic) bond motifs is 3. The van der Waals surface area contributed by atoms with Crippen LogP contribution in [0.2, 0.25) is 0 Å². The minimum Gasteiger partial charge on any atom is -0.353 e. The molecular weight excluding hydrogens is 454 g/mol. The molecule has 0 saturated heterocycles. The number of carbonyl (C=O) groups excluding carboxylic acids is 1. The molecule has 154 valence electrons. The zero-order chi connectivity index (χ0) is 20.9. The van der Waals surface area contributed by atoms with Crippen molar-refractivity contribution < 1.29 is 9.72 Å². The Kier molecular flexibility index (Phi) is 5.19. The quantitative estimate of drug-likeness (QED) is 0.429. The van der Waals surface area contributed by atoms with E-state index in [-0.39, 0.29) is 17.0 Å². The molecule has 1 aliphatic heterocycles. The molecule has 8 heteroatoms. The van der Waals surface area contributed by atoms with Crippen LogP contribution in [0, 0.1) is 21.4 Å². The van der Waals surface area contributed by atoms with Crippen LogP contribution in [0.4, 0.5) is 10.7 Å². The Balaban J connectivity index is 1.64. The summed E-state index contributed by atoms with van der Waals surface area (Å²) in [7, 11) is 0. The molecule has 2 unspecified atom stereocenters. The van der Waals surface area contributed by atoms with Crippen LogP contribution >= 0.6 is 27.3 Å². The highest BCUT2D eigenvalue weighted by atomic mass is 79.9. The number of amides is 1. The van der Waals surface area contributed by atoms with Gasteiger partial charge in [-0.25, -0.2) is 0 Å². The van der Waals surface area contributed by atoms with E-state index >= 15 is 0 Å². The van der Waals surface area contributed by atoms with Crippen molar-refractivity contribution >= 4 is 43.9 Å². The summed E-state index contributed by atoms with van der Waals surface area (Å²) in [6.07, 6.45) is 3.70. The van der Waals surface area contributed by atoms with Crippen molar-refractivity contribution in [2.24, 2.45) is 11.3 Å². The molecule has 29 heavy (non-hydrogen) atoms. The van der Waals surface area contributed by atoms with Gasteiger partial charge in [0.25, 0.3) is 11.6 Å². The van der Waals surface area contributed by atoms with Gasteiger partial charge in [0, 0.05) is 16.5 Å². The molecule has 0 saturated carbocycles. The van der Waals surface area contributed by atoms with E-state index < -0.39 is 11.1 Å². The highest BCUT2D eigenvalue weighted by Crippen LogP contribution is 2.47. The first-order valence-corrected chi connectivity index (χ1v) is 11.5. The van der Waals surface area contributed by atoms with Crippen molar-refractivity contribution in [3.05, 3.63) is 54.4 Å². The number of halogens is 1. The Bertz CT molecular complexity index is 1000. The first kappa shape index (κ1) is 20.3. The fourth-order valence-electron chi connectivity index (χ4n) is 4.27. The fraction of sp³-hybridized carbons (Fsp3) is 0.476. The third-order valence-electron chi connectivity index (χ3n) is 6.56. The van der Waals surface area contributed by atoms with Gasteiger partial charge in [-0.05, 0) is 58.2 Å². The summed E-state index contributed by atoms with van der Waals surface area (Å²) >= 11 is 4.88. The second-order valence-corrected chi connectivity index (χ2v) is 10.5. The number of hydrogen-bond donors (Lipinski definition) is 2. The Morgan fingerprint density at radius 3 is 2.79 bits per heavy atom. The third kappa shape index (κ3) is 3.57. The summed E-state index contributed by atoms with van der Waals surface area (Å²) in [5.74, 6) is 0.521. The fourth-order valence-corrected chi connectivity index (χ4v) is 6.01. The van der Waals surface area contributed by atoms with Crippen LogP contribution in [-0.4, -0.2) is 10.8 Å². The molecule has 4 rings (SSSR count). The molecule has 2 atom stereocenters. The van der Waals surface area contributed by atoms with Gasteiger partial charge in [-0.3, -0.25) is 14.9 Å². The van der Waals surface area contributed by atoms with Gasteiger partial charge in [-0.1, -0.05) is 33.3 Å². The summed E-state index contributed by atoms with van der Waals surface area (Å²) in [5, 5.41) is 18.5. The molecule has 1 aromatic heterocycles. The van der Waals surface area contributed by atoms with Crippen LogP contribution in [-0.2, 0) is 12.8 Å². The number of thiophene rings is 1. The van der Waals surface area contributed by atoms with Gasteiger partial charge < -0.3 is 10.6 Å². The molecule has 2 aromatic rings. The molecular formula is C21H24BrN3O3S. The molecule has 0 radical (unpaired) electrons. The van der Waals surface area contributed by atoms with E-state index in [0.717, 1.165) is 36.2 Å². The van der Waals surface area contributed by atoms with E-state index in [4.69, 9.17) is 0 Å². The van der Waals surface area contributed by atoms with Crippen molar-refractivity contribution in [1.29, 1.82) is 0 Å². The third-order valence-corrected chi connectivity index (χ3v) is 8.42. The second kappa shape index (κ2) is 7.40. The number of nitrogens with zero attached hydrogens (tertiary/aromatic N) is 1. The average molecular weight is 478 g/mol. The first-order chi connectivity index (χ1) is 13.7. The Hall–Kier alpha value is -1.93. The number of anilines is 1. The maximum absolute atomic E-state index is 12.9. The van der Waals surface area contributed by atoms with Gasteiger partial charge in [0.05, 0.1) is 15.0 Å². The van der Waals surface area contributed by atoms with E-state index in [0.29, 0.717) is 16.0 Å². The van der Waals surface area contributed by atoms with E-state index in [2.05, 4.69) is 47.3 Å². The van der Waals surface area contributed by atoms with Crippen molar-refractivity contribution in [2.45, 2.75) is 52.6 Å². The number of benzene rings is 1. The lowest BCUT2D eigenvalue weighted by molar-refractivity contribution is -0.385. The van der Waals surface area contributed by atoms with Crippen LogP contribution < -0.4 is 10.6 Å². The lowest BCUT2D eigenvalue weighted by Gasteiger charge is -2.36. The van der Waals surface area contributed by atoms with Crippen LogP contribution in [0.15, 0.2) is 22.7 Å². The number of carbonyl (C=O) groups is 1. The molecule has 2 heterocycles. The van der Waals surface area contributed by atoms with Crippen molar-refractivity contribution in [3.8, 4) is 0 Å². The van der Waals surface area contributed by atoms with Crippen LogP contribution in [0.5, 0.6) is 0 Å². The maximum Gasteiger partial charge on any atom is 0.283 e. The van der Waals surface area contributed by atoms with Crippen LogP contribution in [0.1, 0.15) is 66.1 Å². The zero-order valence-corrected chi connectivity index (χ0v) is 19.1. The number of hydrogen-bond acceptors (Lipinski definition) is 5. The van der Waals surface area contributed by atoms with Crippen LogP contribution in [0.3, 0.4) is 0 Å². The highest BCUT2D eigenvalue weighted by molar-refractivity contribution is 9.10. The van der Waals surface area contributed by atoms with Gasteiger partial charge in [0.1, 0.15) is 11.2 Å². The number of nitro groups is 1. The predicted octanol–water partition coefficient (Wildman–Crippen LogP) is 5.81. The van der Waals surface area contributed by atoms with Gasteiger partial charge in [0.15, 0.2) is 0 Å². The van der Waals surface area contributed by atoms with Gasteiger partial charge in [-0.15, -0.1) is 11.3 Å². The Morgan fingerprint density at radius 1 is 1.34 bits per heavy atom. The summed E-state index contributed by atoms with van der Waals surface area (Å²) in [6.45, 7) is 6.90. The average Bonchev–Trinajstić information content (AvgIpc) is 3.06. The Morgan fingerprint density at radius 2 is 2.10 bits per heavy atom. The summed E-state index contributed by atoms with van der Waals surface area (Å²) in [6, 6.07) is 4.93. The minimum absolute atomic E-state index is 0.0144. The number of nitro benzene ring substituents is 1. The highest BCUT2D eigenvalue weighted by Gasteiger charge is 2.37. The zero-order valence-electron chi connectivity index (χ0n) is 16.7. The summed E-state index contributed by atoms with van der Waals surface area (Å²) in [5.41, 5.74) is 2.88. The smallest absolute Gasteiger partial charge is 0.283 e. The SMILES string of the molecule is CCC(C)(C)C1CCc2c(sc3c2C(=O)NC(c2ccc(Br)c([N+](=O)[O-])c2)N3)C1. The lowest BCUT2D eigenvalue weighted by Crippen LogP contribution is -2.38. The molecule has 1 amide bonds.